The summed E-state index contributed by atoms with van der Waals surface area (Å²) >= 11 is 1.97. The van der Waals surface area contributed by atoms with Crippen LogP contribution in [-0.4, -0.2) is 30.3 Å². The Morgan fingerprint density at radius 1 is 1.38 bits per heavy atom. The van der Waals surface area contributed by atoms with E-state index in [1.54, 1.807) is 13.8 Å². The molecule has 1 atom stereocenters. The van der Waals surface area contributed by atoms with E-state index in [1.807, 2.05) is 53.8 Å². The summed E-state index contributed by atoms with van der Waals surface area (Å²) in [5, 5.41) is 19.7. The maximum Gasteiger partial charge on any atom is 0.212 e. The molecule has 0 N–H and O–H groups in total. The molecule has 6 nitrogen and oxygen atoms in total. The van der Waals surface area contributed by atoms with Gasteiger partial charge in [0.05, 0.1) is 5.71 Å². The van der Waals surface area contributed by atoms with Crippen LogP contribution in [0.25, 0.3) is 5.57 Å². The van der Waals surface area contributed by atoms with Crippen molar-refractivity contribution in [2.45, 2.75) is 26.8 Å². The Morgan fingerprint density at radius 2 is 2.04 bits per heavy atom. The lowest BCUT2D eigenvalue weighted by Gasteiger charge is -2.05. The highest BCUT2D eigenvalue weighted by molar-refractivity contribution is 14.1. The van der Waals surface area contributed by atoms with Crippen molar-refractivity contribution < 1.29 is 14.4 Å². The van der Waals surface area contributed by atoms with Crippen LogP contribution in [0.15, 0.2) is 40.7 Å². The van der Waals surface area contributed by atoms with Gasteiger partial charge in [-0.05, 0) is 47.5 Å². The van der Waals surface area contributed by atoms with Gasteiger partial charge in [-0.3, -0.25) is 0 Å². The van der Waals surface area contributed by atoms with Gasteiger partial charge in [-0.25, -0.2) is 0 Å². The summed E-state index contributed by atoms with van der Waals surface area (Å²) in [6, 6.07) is 7.08. The number of benzene rings is 1. The second kappa shape index (κ2) is 10.6. The number of allylic oxidation sites excluding steroid dienone is 1. The van der Waals surface area contributed by atoms with Crippen LogP contribution in [0.4, 0.5) is 0 Å². The van der Waals surface area contributed by atoms with Crippen LogP contribution >= 0.6 is 22.6 Å². The molecule has 7 heteroatoms. The van der Waals surface area contributed by atoms with Crippen LogP contribution in [0.3, 0.4) is 0 Å². The molecule has 128 valence electrons. The van der Waals surface area contributed by atoms with Gasteiger partial charge in [-0.15, -0.1) is 0 Å². The van der Waals surface area contributed by atoms with Crippen molar-refractivity contribution in [2.75, 3.05) is 13.7 Å². The van der Waals surface area contributed by atoms with Crippen molar-refractivity contribution >= 4 is 33.9 Å². The van der Waals surface area contributed by atoms with Gasteiger partial charge in [-0.1, -0.05) is 28.1 Å². The zero-order valence-corrected chi connectivity index (χ0v) is 16.3. The number of hydrogen-bond acceptors (Lipinski definition) is 5. The van der Waals surface area contributed by atoms with E-state index in [4.69, 9.17) is 4.74 Å². The Morgan fingerprint density at radius 3 is 2.62 bits per heavy atom. The monoisotopic (exact) mass is 441 g/mol. The molecule has 0 saturated carbocycles. The molecule has 0 aliphatic rings. The van der Waals surface area contributed by atoms with Crippen molar-refractivity contribution in [3.05, 3.63) is 41.2 Å². The molecule has 0 aromatic heterocycles. The molecule has 24 heavy (non-hydrogen) atoms. The van der Waals surface area contributed by atoms with Gasteiger partial charge >= 0.3 is 0 Å². The van der Waals surface area contributed by atoms with Gasteiger partial charge in [0.2, 0.25) is 6.20 Å². The lowest BCUT2D eigenvalue weighted by Crippen LogP contribution is -2.13. The molecule has 0 heterocycles. The average molecular weight is 441 g/mol. The van der Waals surface area contributed by atoms with Crippen LogP contribution < -0.4 is 4.74 Å². The number of oxime groups is 1. The molecule has 0 fully saturated rings. The Bertz CT molecular complexity index is 685. The standard InChI is InChI=1S/C17H20IN3O3/c1-13(12-21(22)19-14(2)15(3)20-23-4)16-6-8-17(9-7-16)24-11-5-10-18/h6-9,12,14H,11H2,1-4H3/b13-12+,20-15+,21-19?. The third-order valence-electron chi connectivity index (χ3n) is 3.12. The van der Waals surface area contributed by atoms with Gasteiger partial charge in [0.1, 0.15) is 19.5 Å². The van der Waals surface area contributed by atoms with E-state index in [0.29, 0.717) is 17.2 Å². The summed E-state index contributed by atoms with van der Waals surface area (Å²) in [5.41, 5.74) is 2.33. The first kappa shape index (κ1) is 20.0. The Hall–Kier alpha value is -2.08. The van der Waals surface area contributed by atoms with E-state index in [0.717, 1.165) is 16.9 Å². The number of hydroxylamine groups is 1. The van der Waals surface area contributed by atoms with Gasteiger partial charge in [0, 0.05) is 28.2 Å². The minimum absolute atomic E-state index is 0.352. The molecule has 1 aromatic carbocycles. The Labute approximate surface area is 155 Å². The second-order valence-corrected chi connectivity index (χ2v) is 5.45. The van der Waals surface area contributed by atoms with Gasteiger partial charge < -0.3 is 14.8 Å². The van der Waals surface area contributed by atoms with Crippen molar-refractivity contribution in [1.29, 1.82) is 0 Å². The zero-order chi connectivity index (χ0) is 17.9. The normalized spacial score (nSPS) is 13.8. The largest absolute Gasteiger partial charge is 0.595 e. The highest BCUT2D eigenvalue weighted by Crippen LogP contribution is 2.18. The van der Waals surface area contributed by atoms with Crippen LogP contribution in [0.5, 0.6) is 5.75 Å². The van der Waals surface area contributed by atoms with Crippen LogP contribution in [0, 0.1) is 15.1 Å². The molecular formula is C17H20IN3O3. The van der Waals surface area contributed by atoms with Crippen LogP contribution in [0.1, 0.15) is 26.3 Å². The van der Waals surface area contributed by atoms with Crippen molar-refractivity contribution in [1.82, 2.24) is 0 Å². The summed E-state index contributed by atoms with van der Waals surface area (Å²) in [4.78, 5) is 5.23. The van der Waals surface area contributed by atoms with E-state index in [9.17, 15) is 5.21 Å². The van der Waals surface area contributed by atoms with E-state index in [-0.39, 0.29) is 6.04 Å². The Kier molecular flexibility index (Phi) is 8.86. The fraction of sp³-hybridized carbons (Fsp3) is 0.353. The topological polar surface area (TPSA) is 69.2 Å². The lowest BCUT2D eigenvalue weighted by atomic mass is 10.1. The number of rotatable bonds is 7. The minimum atomic E-state index is -0.360. The quantitative estimate of drug-likeness (QED) is 0.159. The number of azo groups is 1. The minimum Gasteiger partial charge on any atom is -0.595 e. The number of halogens is 1. The second-order valence-electron chi connectivity index (χ2n) is 4.91. The summed E-state index contributed by atoms with van der Waals surface area (Å²) in [7, 11) is 1.46. The first-order valence-electron chi connectivity index (χ1n) is 7.22. The molecule has 0 radical (unpaired) electrons. The molecule has 0 bridgehead atoms. The summed E-state index contributed by atoms with van der Waals surface area (Å²) in [5.74, 6) is 3.55. The molecular weight excluding hydrogens is 421 g/mol. The van der Waals surface area contributed by atoms with E-state index >= 15 is 0 Å². The van der Waals surface area contributed by atoms with Gasteiger partial charge in [0.15, 0.2) is 6.04 Å². The predicted molar refractivity (Wildman–Crippen MR) is 103 cm³/mol. The van der Waals surface area contributed by atoms with Crippen molar-refractivity contribution in [2.24, 2.45) is 10.3 Å². The third kappa shape index (κ3) is 7.00. The Balaban J connectivity index is 2.80. The number of nitrogens with zero attached hydrogens (tertiary/aromatic N) is 3. The van der Waals surface area contributed by atoms with Crippen LogP contribution in [0.2, 0.25) is 0 Å². The molecule has 0 spiro atoms. The maximum atomic E-state index is 11.9. The molecule has 0 aliphatic carbocycles. The first-order valence-corrected chi connectivity index (χ1v) is 8.30. The average Bonchev–Trinajstić information content (AvgIpc) is 2.55. The first-order chi connectivity index (χ1) is 11.5. The number of hydrogen-bond donors (Lipinski definition) is 0. The molecule has 0 amide bonds. The van der Waals surface area contributed by atoms with Crippen LogP contribution in [-0.2, 0) is 4.84 Å². The fourth-order valence-electron chi connectivity index (χ4n) is 1.71. The predicted octanol–water partition coefficient (Wildman–Crippen LogP) is 4.20. The SMILES string of the molecule is CO/N=C(\C)C(C)N=[N+]([O-])/C=C(\C)c1ccc(OCC#CI)cc1. The van der Waals surface area contributed by atoms with E-state index in [2.05, 4.69) is 25.0 Å². The van der Waals surface area contributed by atoms with Gasteiger partial charge in [0.25, 0.3) is 0 Å². The smallest absolute Gasteiger partial charge is 0.212 e. The van der Waals surface area contributed by atoms with E-state index < -0.39 is 0 Å². The molecule has 1 rings (SSSR count). The molecule has 1 unspecified atom stereocenters. The van der Waals surface area contributed by atoms with Crippen molar-refractivity contribution in [3.63, 3.8) is 0 Å². The maximum absolute atomic E-state index is 11.9. The summed E-state index contributed by atoms with van der Waals surface area (Å²) < 4.78 is 8.19. The van der Waals surface area contributed by atoms with Gasteiger partial charge in [-0.2, -0.15) is 0 Å². The highest BCUT2D eigenvalue weighted by Gasteiger charge is 2.09. The molecule has 1 aromatic rings. The number of ether oxygens (including phenoxy) is 1. The lowest BCUT2D eigenvalue weighted by molar-refractivity contribution is -0.459. The third-order valence-corrected chi connectivity index (χ3v) is 3.50. The molecule has 0 saturated heterocycles. The zero-order valence-electron chi connectivity index (χ0n) is 14.1. The van der Waals surface area contributed by atoms with E-state index in [1.165, 1.54) is 13.3 Å². The highest BCUT2D eigenvalue weighted by atomic mass is 127. The molecule has 0 aliphatic heterocycles. The fourth-order valence-corrected chi connectivity index (χ4v) is 1.86. The summed E-state index contributed by atoms with van der Waals surface area (Å²) in [6.45, 7) is 5.73. The van der Waals surface area contributed by atoms with Crippen molar-refractivity contribution in [3.8, 4) is 15.6 Å². The summed E-state index contributed by atoms with van der Waals surface area (Å²) in [6.07, 6.45) is 1.42.